The van der Waals surface area contributed by atoms with E-state index in [0.717, 1.165) is 44.6 Å². The number of nitrogens with zero attached hydrogens (tertiary/aromatic N) is 1. The Bertz CT molecular complexity index is 482. The molecule has 1 unspecified atom stereocenters. The third kappa shape index (κ3) is 4.82. The van der Waals surface area contributed by atoms with Crippen molar-refractivity contribution < 1.29 is 9.90 Å². The average Bonchev–Trinajstić information content (AvgIpc) is 2.55. The predicted molar refractivity (Wildman–Crippen MR) is 89.6 cm³/mol. The van der Waals surface area contributed by atoms with Crippen LogP contribution < -0.4 is 5.32 Å². The lowest BCUT2D eigenvalue weighted by molar-refractivity contribution is -0.119. The highest BCUT2D eigenvalue weighted by atomic mass is 16.3. The summed E-state index contributed by atoms with van der Waals surface area (Å²) in [7, 11) is 0. The molecule has 1 fully saturated rings. The van der Waals surface area contributed by atoms with Gasteiger partial charge >= 0.3 is 0 Å². The summed E-state index contributed by atoms with van der Waals surface area (Å²) in [5, 5.41) is 12.2. The topological polar surface area (TPSA) is 52.6 Å². The molecular weight excluding hydrogens is 276 g/mol. The summed E-state index contributed by atoms with van der Waals surface area (Å²) >= 11 is 0. The summed E-state index contributed by atoms with van der Waals surface area (Å²) in [5.41, 5.74) is 2.11. The van der Waals surface area contributed by atoms with E-state index >= 15 is 0 Å². The van der Waals surface area contributed by atoms with Crippen molar-refractivity contribution in [1.29, 1.82) is 0 Å². The molecule has 4 nitrogen and oxygen atoms in total. The van der Waals surface area contributed by atoms with Crippen molar-refractivity contribution in [3.05, 3.63) is 29.8 Å². The minimum absolute atomic E-state index is 0.0427. The molecule has 0 saturated carbocycles. The maximum absolute atomic E-state index is 12.0. The minimum atomic E-state index is 0.0427. The third-order valence-corrected chi connectivity index (χ3v) is 4.63. The van der Waals surface area contributed by atoms with E-state index in [9.17, 15) is 9.90 Å². The Morgan fingerprint density at radius 3 is 2.77 bits per heavy atom. The van der Waals surface area contributed by atoms with Gasteiger partial charge in [-0.15, -0.1) is 0 Å². The first kappa shape index (κ1) is 17.0. The van der Waals surface area contributed by atoms with Gasteiger partial charge in [0.2, 0.25) is 5.91 Å². The van der Waals surface area contributed by atoms with Crippen LogP contribution in [-0.4, -0.2) is 35.6 Å². The highest BCUT2D eigenvalue weighted by molar-refractivity contribution is 5.92. The highest BCUT2D eigenvalue weighted by Crippen LogP contribution is 2.20. The highest BCUT2D eigenvalue weighted by Gasteiger charge is 2.18. The largest absolute Gasteiger partial charge is 0.396 e. The summed E-state index contributed by atoms with van der Waals surface area (Å²) in [6.45, 7) is 7.26. The molecule has 4 heteroatoms. The Hall–Kier alpha value is -1.39. The van der Waals surface area contributed by atoms with Gasteiger partial charge in [0.25, 0.3) is 0 Å². The molecule has 1 aromatic rings. The molecule has 1 saturated heterocycles. The number of carbonyl (C=O) groups is 1. The molecule has 2 N–H and O–H groups in total. The number of anilines is 1. The average molecular weight is 304 g/mol. The first-order chi connectivity index (χ1) is 10.6. The molecule has 0 radical (unpaired) electrons. The number of aliphatic hydroxyl groups is 1. The van der Waals surface area contributed by atoms with Gasteiger partial charge in [-0.2, -0.15) is 0 Å². The predicted octanol–water partition coefficient (Wildman–Crippen LogP) is 2.88. The zero-order valence-corrected chi connectivity index (χ0v) is 13.7. The van der Waals surface area contributed by atoms with Gasteiger partial charge in [0.15, 0.2) is 0 Å². The Morgan fingerprint density at radius 1 is 1.41 bits per heavy atom. The lowest BCUT2D eigenvalue weighted by Gasteiger charge is -2.31. The van der Waals surface area contributed by atoms with Crippen molar-refractivity contribution >= 4 is 11.6 Å². The number of nitrogens with one attached hydrogen (secondary N) is 1. The van der Waals surface area contributed by atoms with E-state index in [4.69, 9.17) is 0 Å². The molecule has 1 aliphatic rings. The van der Waals surface area contributed by atoms with Crippen molar-refractivity contribution in [2.75, 3.05) is 25.0 Å². The van der Waals surface area contributed by atoms with Crippen molar-refractivity contribution in [1.82, 2.24) is 4.90 Å². The second-order valence-electron chi connectivity index (χ2n) is 6.40. The molecule has 1 heterocycles. The van der Waals surface area contributed by atoms with Crippen molar-refractivity contribution in [2.45, 2.75) is 39.7 Å². The number of carbonyl (C=O) groups excluding carboxylic acids is 1. The maximum Gasteiger partial charge on any atom is 0.227 e. The summed E-state index contributed by atoms with van der Waals surface area (Å²) < 4.78 is 0. The zero-order valence-electron chi connectivity index (χ0n) is 13.7. The first-order valence-electron chi connectivity index (χ1n) is 8.35. The molecular formula is C18H28N2O2. The Morgan fingerprint density at radius 2 is 2.14 bits per heavy atom. The molecule has 122 valence electrons. The van der Waals surface area contributed by atoms with Crippen LogP contribution in [0.25, 0.3) is 0 Å². The van der Waals surface area contributed by atoms with Crippen LogP contribution in [0.3, 0.4) is 0 Å². The zero-order chi connectivity index (χ0) is 15.9. The standard InChI is InChI=1S/C18H28N2O2/c1-3-14(2)18(22)19-17-6-4-5-16(11-17)12-20-9-7-15(13-21)8-10-20/h4-6,11,14-15,21H,3,7-10,12-13H2,1-2H3,(H,19,22). The quantitative estimate of drug-likeness (QED) is 0.849. The molecule has 0 aromatic heterocycles. The molecule has 1 aliphatic heterocycles. The first-order valence-corrected chi connectivity index (χ1v) is 8.35. The summed E-state index contributed by atoms with van der Waals surface area (Å²) in [6.07, 6.45) is 2.99. The number of benzene rings is 1. The van der Waals surface area contributed by atoms with Gasteiger partial charge in [0.05, 0.1) is 0 Å². The Labute approximate surface area is 133 Å². The van der Waals surface area contributed by atoms with E-state index in [-0.39, 0.29) is 11.8 Å². The molecule has 1 amide bonds. The van der Waals surface area contributed by atoms with Crippen LogP contribution in [0.15, 0.2) is 24.3 Å². The number of hydrogen-bond acceptors (Lipinski definition) is 3. The fourth-order valence-corrected chi connectivity index (χ4v) is 2.78. The SMILES string of the molecule is CCC(C)C(=O)Nc1cccc(CN2CCC(CO)CC2)c1. The number of hydrogen-bond donors (Lipinski definition) is 2. The van der Waals surface area contributed by atoms with Crippen LogP contribution in [0.4, 0.5) is 5.69 Å². The van der Waals surface area contributed by atoms with Gasteiger partial charge in [-0.1, -0.05) is 26.0 Å². The van der Waals surface area contributed by atoms with E-state index < -0.39 is 0 Å². The van der Waals surface area contributed by atoms with Crippen molar-refractivity contribution in [2.24, 2.45) is 11.8 Å². The molecule has 0 bridgehead atoms. The number of aliphatic hydroxyl groups excluding tert-OH is 1. The number of likely N-dealkylation sites (tertiary alicyclic amines) is 1. The summed E-state index contributed by atoms with van der Waals surface area (Å²) in [5.74, 6) is 0.599. The summed E-state index contributed by atoms with van der Waals surface area (Å²) in [6, 6.07) is 8.12. The van der Waals surface area contributed by atoms with Crippen LogP contribution in [0, 0.1) is 11.8 Å². The second kappa shape index (κ2) is 8.30. The molecule has 1 atom stereocenters. The normalized spacial score (nSPS) is 18.1. The van der Waals surface area contributed by atoms with Crippen molar-refractivity contribution in [3.63, 3.8) is 0 Å². The van der Waals surface area contributed by atoms with Crippen LogP contribution in [0.1, 0.15) is 38.7 Å². The van der Waals surface area contributed by atoms with Gasteiger partial charge in [-0.25, -0.2) is 0 Å². The Kier molecular flexibility index (Phi) is 6.40. The third-order valence-electron chi connectivity index (χ3n) is 4.63. The Balaban J connectivity index is 1.90. The smallest absolute Gasteiger partial charge is 0.227 e. The molecule has 0 aliphatic carbocycles. The maximum atomic E-state index is 12.0. The number of piperidine rings is 1. The monoisotopic (exact) mass is 304 g/mol. The van der Waals surface area contributed by atoms with E-state index in [2.05, 4.69) is 22.3 Å². The molecule has 2 rings (SSSR count). The van der Waals surface area contributed by atoms with E-state index in [0.29, 0.717) is 12.5 Å². The summed E-state index contributed by atoms with van der Waals surface area (Å²) in [4.78, 5) is 14.4. The molecule has 0 spiro atoms. The molecule has 22 heavy (non-hydrogen) atoms. The number of rotatable bonds is 6. The number of amides is 1. The van der Waals surface area contributed by atoms with Crippen LogP contribution in [0.2, 0.25) is 0 Å². The fourth-order valence-electron chi connectivity index (χ4n) is 2.78. The van der Waals surface area contributed by atoms with E-state index in [1.54, 1.807) is 0 Å². The van der Waals surface area contributed by atoms with E-state index in [1.165, 1.54) is 5.56 Å². The van der Waals surface area contributed by atoms with Crippen LogP contribution in [0.5, 0.6) is 0 Å². The lowest BCUT2D eigenvalue weighted by atomic mass is 9.97. The van der Waals surface area contributed by atoms with Crippen LogP contribution >= 0.6 is 0 Å². The van der Waals surface area contributed by atoms with Gasteiger partial charge in [0.1, 0.15) is 0 Å². The van der Waals surface area contributed by atoms with Gasteiger partial charge in [0, 0.05) is 24.8 Å². The fraction of sp³-hybridized carbons (Fsp3) is 0.611. The molecule has 1 aromatic carbocycles. The van der Waals surface area contributed by atoms with Crippen LogP contribution in [-0.2, 0) is 11.3 Å². The van der Waals surface area contributed by atoms with Crippen molar-refractivity contribution in [3.8, 4) is 0 Å². The van der Waals surface area contributed by atoms with E-state index in [1.807, 2.05) is 26.0 Å². The van der Waals surface area contributed by atoms with Gasteiger partial charge in [-0.05, 0) is 56.0 Å². The van der Waals surface area contributed by atoms with Gasteiger partial charge < -0.3 is 10.4 Å². The minimum Gasteiger partial charge on any atom is -0.396 e. The van der Waals surface area contributed by atoms with Gasteiger partial charge in [-0.3, -0.25) is 9.69 Å². The second-order valence-corrected chi connectivity index (χ2v) is 6.40. The lowest BCUT2D eigenvalue weighted by Crippen LogP contribution is -2.34.